The Morgan fingerprint density at radius 3 is 2.27 bits per heavy atom. The van der Waals surface area contributed by atoms with Crippen molar-refractivity contribution in [3.8, 4) is 0 Å². The van der Waals surface area contributed by atoms with Gasteiger partial charge in [0.15, 0.2) is 0 Å². The second-order valence-corrected chi connectivity index (χ2v) is 10.5. The molecule has 0 saturated heterocycles. The molecule has 0 unspecified atom stereocenters. The van der Waals surface area contributed by atoms with Crippen LogP contribution in [0.2, 0.25) is 0 Å². The number of amides is 1. The van der Waals surface area contributed by atoms with Gasteiger partial charge in [0.05, 0.1) is 5.69 Å². The standard InChI is InChI=1S/C19H29BrN2O3S/c1-6-18(23)22-8-7-15-9-16(20)10-17(19(15)22)26(24,25)21(11-13(2)3)12-14(4)5/h9-10,13-14H,6-8,11-12H2,1-5H3. The molecule has 5 nitrogen and oxygen atoms in total. The van der Waals surface area contributed by atoms with E-state index >= 15 is 0 Å². The molecule has 1 aromatic rings. The molecule has 1 aliphatic heterocycles. The molecular formula is C19H29BrN2O3S. The Bertz CT molecular complexity index is 765. The minimum absolute atomic E-state index is 0.0400. The first kappa shape index (κ1) is 21.4. The van der Waals surface area contributed by atoms with E-state index in [2.05, 4.69) is 15.9 Å². The molecule has 0 fully saturated rings. The molecule has 1 heterocycles. The lowest BCUT2D eigenvalue weighted by molar-refractivity contribution is -0.118. The topological polar surface area (TPSA) is 57.7 Å². The van der Waals surface area contributed by atoms with Gasteiger partial charge in [-0.05, 0) is 36.0 Å². The van der Waals surface area contributed by atoms with Crippen molar-refractivity contribution in [2.45, 2.75) is 52.4 Å². The predicted octanol–water partition coefficient (Wildman–Crippen LogP) is 4.05. The summed E-state index contributed by atoms with van der Waals surface area (Å²) in [6.07, 6.45) is 1.04. The summed E-state index contributed by atoms with van der Waals surface area (Å²) < 4.78 is 29.4. The van der Waals surface area contributed by atoms with E-state index in [-0.39, 0.29) is 22.6 Å². The highest BCUT2D eigenvalue weighted by atomic mass is 79.9. The molecule has 7 heteroatoms. The zero-order chi connectivity index (χ0) is 19.6. The molecule has 0 bridgehead atoms. The Labute approximate surface area is 165 Å². The van der Waals surface area contributed by atoms with Crippen molar-refractivity contribution in [2.75, 3.05) is 24.5 Å². The Morgan fingerprint density at radius 2 is 1.77 bits per heavy atom. The fraction of sp³-hybridized carbons (Fsp3) is 0.632. The van der Waals surface area contributed by atoms with Gasteiger partial charge in [0, 0.05) is 30.5 Å². The second-order valence-electron chi connectivity index (χ2n) is 7.67. The largest absolute Gasteiger partial charge is 0.310 e. The van der Waals surface area contributed by atoms with Crippen molar-refractivity contribution < 1.29 is 13.2 Å². The summed E-state index contributed by atoms with van der Waals surface area (Å²) in [7, 11) is -3.70. The Kier molecular flexibility index (Phi) is 6.91. The molecule has 0 saturated carbocycles. The molecule has 0 atom stereocenters. The van der Waals surface area contributed by atoms with Gasteiger partial charge in [0.1, 0.15) is 4.90 Å². The van der Waals surface area contributed by atoms with Crippen molar-refractivity contribution in [3.63, 3.8) is 0 Å². The maximum absolute atomic E-state index is 13.5. The SMILES string of the molecule is CCC(=O)N1CCc2cc(Br)cc(S(=O)(=O)N(CC(C)C)CC(C)C)c21. The Hall–Kier alpha value is -0.920. The molecule has 0 spiro atoms. The third-order valence-corrected chi connectivity index (χ3v) is 6.66. The van der Waals surface area contributed by atoms with Crippen molar-refractivity contribution in [1.29, 1.82) is 0 Å². The third-order valence-electron chi connectivity index (χ3n) is 4.35. The zero-order valence-corrected chi connectivity index (χ0v) is 18.7. The number of hydrogen-bond acceptors (Lipinski definition) is 3. The van der Waals surface area contributed by atoms with Crippen LogP contribution in [0.4, 0.5) is 5.69 Å². The van der Waals surface area contributed by atoms with Gasteiger partial charge in [-0.1, -0.05) is 50.5 Å². The van der Waals surface area contributed by atoms with E-state index < -0.39 is 10.0 Å². The summed E-state index contributed by atoms with van der Waals surface area (Å²) in [6.45, 7) is 11.3. The maximum atomic E-state index is 13.5. The monoisotopic (exact) mass is 444 g/mol. The highest BCUT2D eigenvalue weighted by Crippen LogP contribution is 2.39. The number of carbonyl (C=O) groups excluding carboxylic acids is 1. The number of hydrogen-bond donors (Lipinski definition) is 0. The van der Waals surface area contributed by atoms with E-state index in [1.807, 2.05) is 33.8 Å². The predicted molar refractivity (Wildman–Crippen MR) is 109 cm³/mol. The molecule has 0 N–H and O–H groups in total. The van der Waals surface area contributed by atoms with Gasteiger partial charge >= 0.3 is 0 Å². The van der Waals surface area contributed by atoms with E-state index in [1.54, 1.807) is 22.2 Å². The average Bonchev–Trinajstić information content (AvgIpc) is 2.95. The number of sulfonamides is 1. The van der Waals surface area contributed by atoms with Crippen LogP contribution in [0.1, 0.15) is 46.6 Å². The number of rotatable bonds is 7. The third kappa shape index (κ3) is 4.49. The fourth-order valence-electron chi connectivity index (χ4n) is 3.33. The van der Waals surface area contributed by atoms with E-state index in [0.29, 0.717) is 38.2 Å². The van der Waals surface area contributed by atoms with Crippen LogP contribution >= 0.6 is 15.9 Å². The molecular weight excluding hydrogens is 416 g/mol. The second kappa shape index (κ2) is 8.40. The van der Waals surface area contributed by atoms with Gasteiger partial charge < -0.3 is 4.90 Å². The Balaban J connectivity index is 2.60. The Morgan fingerprint density at radius 1 is 1.19 bits per heavy atom. The summed E-state index contributed by atoms with van der Waals surface area (Å²) in [4.78, 5) is 14.2. The highest BCUT2D eigenvalue weighted by molar-refractivity contribution is 9.10. The number of anilines is 1. The fourth-order valence-corrected chi connectivity index (χ4v) is 6.02. The van der Waals surface area contributed by atoms with Gasteiger partial charge in [0.25, 0.3) is 0 Å². The molecule has 0 radical (unpaired) electrons. The van der Waals surface area contributed by atoms with Crippen LogP contribution in [0.3, 0.4) is 0 Å². The number of carbonyl (C=O) groups is 1. The van der Waals surface area contributed by atoms with Gasteiger partial charge in [-0.2, -0.15) is 4.31 Å². The molecule has 0 aliphatic carbocycles. The van der Waals surface area contributed by atoms with Gasteiger partial charge in [-0.15, -0.1) is 0 Å². The average molecular weight is 445 g/mol. The van der Waals surface area contributed by atoms with Crippen molar-refractivity contribution in [2.24, 2.45) is 11.8 Å². The minimum Gasteiger partial charge on any atom is -0.310 e. The number of halogens is 1. The lowest BCUT2D eigenvalue weighted by Gasteiger charge is -2.28. The first-order chi connectivity index (χ1) is 12.1. The van der Waals surface area contributed by atoms with Crippen LogP contribution in [-0.4, -0.2) is 38.3 Å². The summed E-state index contributed by atoms with van der Waals surface area (Å²) in [6, 6.07) is 3.57. The highest BCUT2D eigenvalue weighted by Gasteiger charge is 2.35. The van der Waals surface area contributed by atoms with Gasteiger partial charge in [0.2, 0.25) is 15.9 Å². The van der Waals surface area contributed by atoms with Crippen LogP contribution in [0.25, 0.3) is 0 Å². The van der Waals surface area contributed by atoms with Crippen LogP contribution in [-0.2, 0) is 21.2 Å². The minimum atomic E-state index is -3.70. The molecule has 26 heavy (non-hydrogen) atoms. The maximum Gasteiger partial charge on any atom is 0.245 e. The van der Waals surface area contributed by atoms with Crippen molar-refractivity contribution >= 4 is 37.5 Å². The summed E-state index contributed by atoms with van der Waals surface area (Å²) in [5.74, 6) is 0.399. The number of benzene rings is 1. The van der Waals surface area contributed by atoms with Crippen molar-refractivity contribution in [3.05, 3.63) is 22.2 Å². The quantitative estimate of drug-likeness (QED) is 0.636. The molecule has 1 aromatic carbocycles. The van der Waals surface area contributed by atoms with Gasteiger partial charge in [-0.3, -0.25) is 4.79 Å². The van der Waals surface area contributed by atoms with E-state index in [0.717, 1.165) is 10.0 Å². The normalized spacial score (nSPS) is 14.6. The first-order valence-electron chi connectivity index (χ1n) is 9.20. The van der Waals surface area contributed by atoms with Crippen LogP contribution in [0.15, 0.2) is 21.5 Å². The van der Waals surface area contributed by atoms with E-state index in [1.165, 1.54) is 0 Å². The summed E-state index contributed by atoms with van der Waals surface area (Å²) in [5, 5.41) is 0. The molecule has 0 aromatic heterocycles. The number of fused-ring (bicyclic) bond motifs is 1. The van der Waals surface area contributed by atoms with Crippen LogP contribution in [0, 0.1) is 11.8 Å². The van der Waals surface area contributed by atoms with Crippen molar-refractivity contribution in [1.82, 2.24) is 4.31 Å². The van der Waals surface area contributed by atoms with Crippen LogP contribution < -0.4 is 4.90 Å². The molecule has 1 amide bonds. The van der Waals surface area contributed by atoms with Crippen LogP contribution in [0.5, 0.6) is 0 Å². The lowest BCUT2D eigenvalue weighted by atomic mass is 10.2. The van der Waals surface area contributed by atoms with E-state index in [4.69, 9.17) is 0 Å². The molecule has 1 aliphatic rings. The summed E-state index contributed by atoms with van der Waals surface area (Å²) in [5.41, 5.74) is 1.48. The molecule has 146 valence electrons. The van der Waals surface area contributed by atoms with E-state index in [9.17, 15) is 13.2 Å². The zero-order valence-electron chi connectivity index (χ0n) is 16.3. The first-order valence-corrected chi connectivity index (χ1v) is 11.4. The smallest absolute Gasteiger partial charge is 0.245 e. The summed E-state index contributed by atoms with van der Waals surface area (Å²) >= 11 is 3.45. The van der Waals surface area contributed by atoms with Gasteiger partial charge in [-0.25, -0.2) is 8.42 Å². The number of nitrogens with zero attached hydrogens (tertiary/aromatic N) is 2. The lowest BCUT2D eigenvalue weighted by Crippen LogP contribution is -2.38. The molecule has 2 rings (SSSR count).